The van der Waals surface area contributed by atoms with Crippen LogP contribution in [0.2, 0.25) is 0 Å². The topological polar surface area (TPSA) is 109 Å². The Hall–Kier alpha value is -3.60. The maximum Gasteiger partial charge on any atom is 0.321 e. The third kappa shape index (κ3) is 5.30. The Morgan fingerprint density at radius 1 is 1.18 bits per heavy atom. The molecule has 0 aliphatic rings. The number of halogens is 1. The van der Waals surface area contributed by atoms with E-state index in [-0.39, 0.29) is 11.9 Å². The third-order valence-corrected chi connectivity index (χ3v) is 6.13. The van der Waals surface area contributed by atoms with Gasteiger partial charge in [-0.25, -0.2) is 14.2 Å². The Morgan fingerprint density at radius 3 is 2.76 bits per heavy atom. The number of carbonyl (C=O) groups is 1. The van der Waals surface area contributed by atoms with Gasteiger partial charge in [-0.15, -0.1) is 0 Å². The number of nitrogens with one attached hydrogen (secondary N) is 2. The average Bonchev–Trinajstić information content (AvgIpc) is 3.45. The van der Waals surface area contributed by atoms with Crippen LogP contribution >= 0.6 is 11.3 Å². The normalized spacial score (nSPS) is 11.6. The minimum atomic E-state index is -0.825. The van der Waals surface area contributed by atoms with Crippen molar-refractivity contribution < 1.29 is 13.7 Å². The Balaban J connectivity index is 1.36. The molecule has 2 N–H and O–H groups in total. The number of urea groups is 1. The maximum absolute atomic E-state index is 13.1. The van der Waals surface area contributed by atoms with Crippen molar-refractivity contribution in [3.63, 3.8) is 0 Å². The zero-order valence-electron chi connectivity index (χ0n) is 19.4. The van der Waals surface area contributed by atoms with Gasteiger partial charge in [0.1, 0.15) is 6.67 Å². The quantitative estimate of drug-likeness (QED) is 0.382. The monoisotopic (exact) mass is 483 g/mol. The number of fused-ring (bicyclic) bond motifs is 1. The Bertz CT molecular complexity index is 1300. The lowest BCUT2D eigenvalue weighted by molar-refractivity contribution is 0.252. The lowest BCUT2D eigenvalue weighted by Gasteiger charge is -2.13. The highest BCUT2D eigenvalue weighted by atomic mass is 32.1. The van der Waals surface area contributed by atoms with Crippen LogP contribution in [0.4, 0.5) is 20.0 Å². The molecule has 0 unspecified atom stereocenters. The molecule has 0 aliphatic carbocycles. The van der Waals surface area contributed by atoms with Crippen LogP contribution in [0.5, 0.6) is 0 Å². The summed E-state index contributed by atoms with van der Waals surface area (Å²) in [5, 5.41) is 9.85. The van der Waals surface area contributed by atoms with Crippen molar-refractivity contribution >= 4 is 38.4 Å². The van der Waals surface area contributed by atoms with Gasteiger partial charge in [0.2, 0.25) is 5.89 Å². The number of rotatable bonds is 8. The van der Waals surface area contributed by atoms with Gasteiger partial charge in [-0.2, -0.15) is 4.98 Å². The highest BCUT2D eigenvalue weighted by molar-refractivity contribution is 7.22. The molecule has 0 fully saturated rings. The van der Waals surface area contributed by atoms with Crippen LogP contribution in [0, 0.1) is 0 Å². The first-order valence-electron chi connectivity index (χ1n) is 10.7. The van der Waals surface area contributed by atoms with Crippen molar-refractivity contribution in [2.45, 2.75) is 25.7 Å². The molecule has 0 atom stereocenters. The van der Waals surface area contributed by atoms with Gasteiger partial charge in [0.05, 0.1) is 27.5 Å². The first-order valence-corrected chi connectivity index (χ1v) is 11.5. The summed E-state index contributed by atoms with van der Waals surface area (Å²) in [6, 6.07) is 7.66. The minimum Gasteiger partial charge on any atom is -0.376 e. The van der Waals surface area contributed by atoms with Gasteiger partial charge >= 0.3 is 6.03 Å². The Labute approximate surface area is 200 Å². The molecule has 3 heterocycles. The van der Waals surface area contributed by atoms with E-state index < -0.39 is 12.1 Å². The number of benzene rings is 1. The van der Waals surface area contributed by atoms with Gasteiger partial charge in [0, 0.05) is 38.8 Å². The Kier molecular flexibility index (Phi) is 6.73. The number of nitrogens with zero attached hydrogens (tertiary/aromatic N) is 5. The number of thiazole rings is 1. The van der Waals surface area contributed by atoms with Crippen molar-refractivity contribution in [2.75, 3.05) is 37.5 Å². The summed E-state index contributed by atoms with van der Waals surface area (Å²) in [5.41, 5.74) is 3.03. The molecule has 0 bridgehead atoms. The molecule has 0 spiro atoms. The van der Waals surface area contributed by atoms with Gasteiger partial charge in [-0.3, -0.25) is 10.3 Å². The van der Waals surface area contributed by atoms with E-state index in [1.165, 1.54) is 11.3 Å². The largest absolute Gasteiger partial charge is 0.376 e. The molecule has 0 aliphatic heterocycles. The van der Waals surface area contributed by atoms with Crippen LogP contribution in [0.25, 0.3) is 21.3 Å². The molecule has 4 rings (SSSR count). The fraction of sp³-hybridized carbons (Fsp3) is 0.348. The van der Waals surface area contributed by atoms with Gasteiger partial charge in [0.15, 0.2) is 11.0 Å². The highest BCUT2D eigenvalue weighted by Gasteiger charge is 2.27. The van der Waals surface area contributed by atoms with Crippen LogP contribution in [-0.4, -0.2) is 53.5 Å². The molecule has 3 aromatic heterocycles. The highest BCUT2D eigenvalue weighted by Crippen LogP contribution is 2.31. The summed E-state index contributed by atoms with van der Waals surface area (Å²) in [7, 11) is 3.95. The fourth-order valence-electron chi connectivity index (χ4n) is 3.10. The molecule has 4 aromatic rings. The molecule has 2 amide bonds. The summed E-state index contributed by atoms with van der Waals surface area (Å²) in [6.45, 7) is 3.08. The SMILES string of the molecule is CN(C)c1cncc(-c2ccc3nc(NC(=O)NCCc4noc(C(C)(C)CF)n4)sc3c2)c1. The smallest absolute Gasteiger partial charge is 0.321 e. The predicted octanol–water partition coefficient (Wildman–Crippen LogP) is 4.42. The fourth-order valence-corrected chi connectivity index (χ4v) is 4.00. The van der Waals surface area contributed by atoms with Crippen molar-refractivity contribution in [3.8, 4) is 11.1 Å². The van der Waals surface area contributed by atoms with Gasteiger partial charge in [0.25, 0.3) is 0 Å². The summed E-state index contributed by atoms with van der Waals surface area (Å²) < 4.78 is 19.1. The molecule has 0 saturated carbocycles. The summed E-state index contributed by atoms with van der Waals surface area (Å²) >= 11 is 1.39. The number of alkyl halides is 1. The summed E-state index contributed by atoms with van der Waals surface area (Å²) in [6.07, 6.45) is 4.01. The number of carbonyl (C=O) groups excluding carboxylic acids is 1. The molecular formula is C23H26FN7O2S. The van der Waals surface area contributed by atoms with Crippen LogP contribution in [0.15, 0.2) is 41.2 Å². The van der Waals surface area contributed by atoms with Gasteiger partial charge in [-0.1, -0.05) is 22.6 Å². The molecule has 34 heavy (non-hydrogen) atoms. The Morgan fingerprint density at radius 2 is 2.00 bits per heavy atom. The van der Waals surface area contributed by atoms with E-state index in [0.717, 1.165) is 27.0 Å². The van der Waals surface area contributed by atoms with Crippen molar-refractivity contribution in [1.82, 2.24) is 25.4 Å². The van der Waals surface area contributed by atoms with Gasteiger partial charge < -0.3 is 14.7 Å². The lowest BCUT2D eigenvalue weighted by Crippen LogP contribution is -2.30. The summed E-state index contributed by atoms with van der Waals surface area (Å²) in [4.78, 5) is 27.3. The molecule has 178 valence electrons. The third-order valence-electron chi connectivity index (χ3n) is 5.20. The summed E-state index contributed by atoms with van der Waals surface area (Å²) in [5.74, 6) is 0.657. The van der Waals surface area contributed by atoms with Crippen LogP contribution in [0.3, 0.4) is 0 Å². The molecule has 0 saturated heterocycles. The van der Waals surface area contributed by atoms with Crippen molar-refractivity contribution in [3.05, 3.63) is 48.4 Å². The molecule has 0 radical (unpaired) electrons. The van der Waals surface area contributed by atoms with E-state index >= 15 is 0 Å². The predicted molar refractivity (Wildman–Crippen MR) is 131 cm³/mol. The molecule has 9 nitrogen and oxygen atoms in total. The molecule has 1 aromatic carbocycles. The van der Waals surface area contributed by atoms with Crippen LogP contribution < -0.4 is 15.5 Å². The standard InChI is InChI=1S/C23H26FN7O2S/c1-23(2,13-24)20-28-19(30-33-20)7-8-26-21(32)29-22-27-17-6-5-14(10-18(17)34-22)15-9-16(31(3)4)12-25-11-15/h5-6,9-12H,7-8,13H2,1-4H3,(H2,26,27,29,32). The van der Waals surface area contributed by atoms with E-state index in [2.05, 4.69) is 36.8 Å². The first-order chi connectivity index (χ1) is 16.2. The number of anilines is 2. The minimum absolute atomic E-state index is 0.243. The maximum atomic E-state index is 13.1. The number of amides is 2. The van der Waals surface area contributed by atoms with E-state index in [1.807, 2.05) is 49.6 Å². The zero-order chi connectivity index (χ0) is 24.3. The van der Waals surface area contributed by atoms with Crippen molar-refractivity contribution in [2.24, 2.45) is 0 Å². The van der Waals surface area contributed by atoms with Crippen LogP contribution in [-0.2, 0) is 11.8 Å². The lowest BCUT2D eigenvalue weighted by atomic mass is 9.96. The number of pyridine rings is 1. The van der Waals surface area contributed by atoms with E-state index in [4.69, 9.17) is 4.52 Å². The second kappa shape index (κ2) is 9.72. The van der Waals surface area contributed by atoms with E-state index in [9.17, 15) is 9.18 Å². The number of hydrogen-bond donors (Lipinski definition) is 2. The number of hydrogen-bond acceptors (Lipinski definition) is 8. The molecular weight excluding hydrogens is 457 g/mol. The first kappa shape index (κ1) is 23.6. The van der Waals surface area contributed by atoms with Gasteiger partial charge in [-0.05, 0) is 37.6 Å². The molecule has 11 heteroatoms. The van der Waals surface area contributed by atoms with E-state index in [0.29, 0.717) is 23.9 Å². The van der Waals surface area contributed by atoms with Crippen molar-refractivity contribution in [1.29, 1.82) is 0 Å². The van der Waals surface area contributed by atoms with Crippen LogP contribution in [0.1, 0.15) is 25.6 Å². The second-order valence-electron chi connectivity index (χ2n) is 8.69. The average molecular weight is 484 g/mol. The van der Waals surface area contributed by atoms with E-state index in [1.54, 1.807) is 13.8 Å². The zero-order valence-corrected chi connectivity index (χ0v) is 20.2. The number of aromatic nitrogens is 4. The second-order valence-corrected chi connectivity index (χ2v) is 9.72.